The molecule has 0 N–H and O–H groups in total. The first-order valence-electron chi connectivity index (χ1n) is 13.5. The first-order valence-corrected chi connectivity index (χ1v) is 15.1. The lowest BCUT2D eigenvalue weighted by atomic mass is 9.85. The molecule has 1 unspecified atom stereocenters. The van der Waals surface area contributed by atoms with E-state index in [4.69, 9.17) is 16.0 Å². The van der Waals surface area contributed by atoms with Gasteiger partial charge in [0.05, 0.1) is 29.3 Å². The molecule has 1 rings (SSSR count). The van der Waals surface area contributed by atoms with Crippen LogP contribution in [0.25, 0.3) is 4.85 Å². The van der Waals surface area contributed by atoms with Crippen LogP contribution in [0.5, 0.6) is 0 Å². The fourth-order valence-corrected chi connectivity index (χ4v) is 6.83. The summed E-state index contributed by atoms with van der Waals surface area (Å²) in [5, 5.41) is -0.685. The molecule has 1 aliphatic carbocycles. The summed E-state index contributed by atoms with van der Waals surface area (Å²) >= 11 is 0. The minimum Gasteiger partial charge on any atom is -0.466 e. The molecule has 37 heavy (non-hydrogen) atoms. The van der Waals surface area contributed by atoms with Gasteiger partial charge in [-0.25, -0.2) is 8.42 Å². The standard InChI is InChI=1S/C29H48NO6S/c1-9-35-25(31)27(4,5)19-11-13-21-29(30-8,37(33,34)24-17-15-23(3)16-18-24)22-14-12-20-28(6,7)26(32)36-10-2/h8,15-17,24H,9-14,18-22H2,1-7H3/q+1. The lowest BCUT2D eigenvalue weighted by molar-refractivity contribution is -0.154. The fourth-order valence-electron chi connectivity index (χ4n) is 4.63. The summed E-state index contributed by atoms with van der Waals surface area (Å²) < 4.78 is 38.2. The molecule has 1 aliphatic rings. The molecule has 0 bridgehead atoms. The number of carbonyl (C=O) groups is 2. The summed E-state index contributed by atoms with van der Waals surface area (Å²) in [6, 6.07) is 0. The van der Waals surface area contributed by atoms with Crippen LogP contribution in [0.2, 0.25) is 0 Å². The van der Waals surface area contributed by atoms with Gasteiger partial charge in [-0.3, -0.25) is 9.59 Å². The molecule has 0 aromatic heterocycles. The second-order valence-electron chi connectivity index (χ2n) is 11.3. The average molecular weight is 539 g/mol. The van der Waals surface area contributed by atoms with Crippen molar-refractivity contribution in [1.29, 1.82) is 0 Å². The molecule has 0 amide bonds. The van der Waals surface area contributed by atoms with Crippen molar-refractivity contribution in [1.82, 2.24) is 0 Å². The fraction of sp³-hybridized carbons (Fsp3) is 0.759. The van der Waals surface area contributed by atoms with Crippen LogP contribution in [-0.2, 0) is 28.9 Å². The Labute approximate surface area is 224 Å². The van der Waals surface area contributed by atoms with Gasteiger partial charge in [0, 0.05) is 12.8 Å². The molecule has 1 atom stereocenters. The van der Waals surface area contributed by atoms with E-state index < -0.39 is 30.8 Å². The number of hydrogen-bond donors (Lipinski definition) is 0. The van der Waals surface area contributed by atoms with Crippen molar-refractivity contribution in [3.8, 4) is 6.57 Å². The van der Waals surface area contributed by atoms with Crippen LogP contribution in [0.1, 0.15) is 106 Å². The molecular formula is C29H48NO6S+. The number of nitrogens with zero attached hydrogens (tertiary/aromatic N) is 1. The minimum atomic E-state index is -3.75. The summed E-state index contributed by atoms with van der Waals surface area (Å²) in [5.41, 5.74) is -0.265. The zero-order valence-electron chi connectivity index (χ0n) is 24.0. The van der Waals surface area contributed by atoms with Gasteiger partial charge in [-0.1, -0.05) is 41.5 Å². The molecule has 0 saturated heterocycles. The molecular weight excluding hydrogens is 490 g/mol. The van der Waals surface area contributed by atoms with Gasteiger partial charge in [-0.2, -0.15) is 0 Å². The van der Waals surface area contributed by atoms with Gasteiger partial charge in [0.1, 0.15) is 0 Å². The Balaban J connectivity index is 3.01. The summed E-state index contributed by atoms with van der Waals surface area (Å²) in [6.45, 7) is 19.4. The SMILES string of the molecule is C#[N+]C(CCCCC(C)(C)C(=O)OCC)(CCCCC(C)(C)C(=O)OCC)S(=O)(=O)C1C=CC(C)=CC1. The molecule has 210 valence electrons. The quantitative estimate of drug-likeness (QED) is 0.162. The van der Waals surface area contributed by atoms with Crippen LogP contribution in [0, 0.1) is 17.4 Å². The molecule has 0 radical (unpaired) electrons. The van der Waals surface area contributed by atoms with Gasteiger partial charge in [-0.05, 0) is 80.6 Å². The van der Waals surface area contributed by atoms with Crippen LogP contribution < -0.4 is 0 Å². The topological polar surface area (TPSA) is 91.1 Å². The highest BCUT2D eigenvalue weighted by atomic mass is 32.2. The zero-order valence-corrected chi connectivity index (χ0v) is 24.8. The van der Waals surface area contributed by atoms with E-state index in [2.05, 4.69) is 4.85 Å². The molecule has 8 heteroatoms. The largest absolute Gasteiger partial charge is 0.466 e. The van der Waals surface area contributed by atoms with E-state index in [1.54, 1.807) is 19.9 Å². The second kappa shape index (κ2) is 14.1. The average Bonchev–Trinajstić information content (AvgIpc) is 2.83. The number of unbranched alkanes of at least 4 members (excludes halogenated alkanes) is 2. The maximum absolute atomic E-state index is 13.9. The number of sulfone groups is 1. The van der Waals surface area contributed by atoms with Gasteiger partial charge < -0.3 is 9.47 Å². The van der Waals surface area contributed by atoms with Crippen molar-refractivity contribution in [2.24, 2.45) is 10.8 Å². The third kappa shape index (κ3) is 8.98. The predicted octanol–water partition coefficient (Wildman–Crippen LogP) is 6.63. The van der Waals surface area contributed by atoms with E-state index in [0.29, 0.717) is 58.2 Å². The number of esters is 2. The van der Waals surface area contributed by atoms with Gasteiger partial charge in [0.2, 0.25) is 9.84 Å². The van der Waals surface area contributed by atoms with Crippen LogP contribution in [0.4, 0.5) is 0 Å². The Morgan fingerprint density at radius 3 is 1.70 bits per heavy atom. The van der Waals surface area contributed by atoms with Crippen LogP contribution in [-0.4, -0.2) is 43.7 Å². The first-order chi connectivity index (χ1) is 17.2. The Kier molecular flexibility index (Phi) is 12.6. The summed E-state index contributed by atoms with van der Waals surface area (Å²) in [4.78, 5) is 27.1. The minimum absolute atomic E-state index is 0.254. The van der Waals surface area contributed by atoms with Gasteiger partial charge in [0.15, 0.2) is 0 Å². The molecule has 0 aliphatic heterocycles. The van der Waals surface area contributed by atoms with E-state index in [1.165, 1.54) is 0 Å². The molecule has 0 saturated carbocycles. The van der Waals surface area contributed by atoms with Gasteiger partial charge in [-0.15, -0.1) is 0 Å². The Morgan fingerprint density at radius 1 is 0.919 bits per heavy atom. The van der Waals surface area contributed by atoms with Crippen molar-refractivity contribution >= 4 is 21.8 Å². The number of rotatable bonds is 16. The Hall–Kier alpha value is -2.14. The van der Waals surface area contributed by atoms with E-state index in [-0.39, 0.29) is 24.8 Å². The van der Waals surface area contributed by atoms with Crippen molar-refractivity contribution in [3.05, 3.63) is 28.6 Å². The number of allylic oxidation sites excluding steroid dienone is 3. The number of hydrogen-bond acceptors (Lipinski definition) is 6. The zero-order chi connectivity index (χ0) is 28.3. The molecule has 0 aromatic rings. The maximum atomic E-state index is 13.9. The van der Waals surface area contributed by atoms with Crippen LogP contribution >= 0.6 is 0 Å². The van der Waals surface area contributed by atoms with Gasteiger partial charge >= 0.3 is 16.8 Å². The Bertz CT molecular complexity index is 946. The summed E-state index contributed by atoms with van der Waals surface area (Å²) in [5.74, 6) is -0.507. The highest BCUT2D eigenvalue weighted by Gasteiger charge is 2.55. The van der Waals surface area contributed by atoms with Crippen molar-refractivity contribution in [2.75, 3.05) is 13.2 Å². The summed E-state index contributed by atoms with van der Waals surface area (Å²) in [6.07, 6.45) is 10.00. The van der Waals surface area contributed by atoms with Crippen LogP contribution in [0.3, 0.4) is 0 Å². The van der Waals surface area contributed by atoms with E-state index in [1.807, 2.05) is 46.8 Å². The van der Waals surface area contributed by atoms with Gasteiger partial charge in [0.25, 0.3) is 6.57 Å². The van der Waals surface area contributed by atoms with Crippen molar-refractivity contribution < 1.29 is 27.5 Å². The normalized spacial score (nSPS) is 16.6. The van der Waals surface area contributed by atoms with Crippen LogP contribution in [0.15, 0.2) is 23.8 Å². The predicted molar refractivity (Wildman–Crippen MR) is 149 cm³/mol. The highest BCUT2D eigenvalue weighted by Crippen LogP contribution is 2.39. The third-order valence-electron chi connectivity index (χ3n) is 7.30. The molecule has 0 fully saturated rings. The number of ether oxygens (including phenoxy) is 2. The smallest absolute Gasteiger partial charge is 0.377 e. The lowest BCUT2D eigenvalue weighted by Crippen LogP contribution is -2.42. The monoisotopic (exact) mass is 538 g/mol. The highest BCUT2D eigenvalue weighted by molar-refractivity contribution is 7.93. The second-order valence-corrected chi connectivity index (χ2v) is 13.8. The van der Waals surface area contributed by atoms with Crippen molar-refractivity contribution in [2.45, 2.75) is 116 Å². The van der Waals surface area contributed by atoms with E-state index in [9.17, 15) is 18.0 Å². The maximum Gasteiger partial charge on any atom is 0.377 e. The number of carbonyl (C=O) groups excluding carboxylic acids is 2. The molecule has 0 spiro atoms. The van der Waals surface area contributed by atoms with Crippen molar-refractivity contribution in [3.63, 3.8) is 0 Å². The third-order valence-corrected chi connectivity index (χ3v) is 10.0. The molecule has 0 heterocycles. The van der Waals surface area contributed by atoms with E-state index >= 15 is 0 Å². The van der Waals surface area contributed by atoms with E-state index in [0.717, 1.165) is 5.57 Å². The molecule has 0 aromatic carbocycles. The Morgan fingerprint density at radius 2 is 1.35 bits per heavy atom. The molecule has 7 nitrogen and oxygen atoms in total. The summed E-state index contributed by atoms with van der Waals surface area (Å²) in [7, 11) is -3.75. The lowest BCUT2D eigenvalue weighted by Gasteiger charge is -2.26. The first kappa shape index (κ1) is 32.9.